The number of carbonyl (C=O) groups is 2. The number of nitrogens with one attached hydrogen (secondary N) is 1. The molecule has 0 bridgehead atoms. The second kappa shape index (κ2) is 3.29. The number of carboxylic acids is 1. The van der Waals surface area contributed by atoms with E-state index in [4.69, 9.17) is 5.11 Å². The molecule has 0 aromatic carbocycles. The fourth-order valence-electron chi connectivity index (χ4n) is 1.10. The van der Waals surface area contributed by atoms with Crippen molar-refractivity contribution in [2.45, 2.75) is 16.4 Å². The molecule has 1 amide bonds. The van der Waals surface area contributed by atoms with Crippen molar-refractivity contribution in [2.75, 3.05) is 5.32 Å². The van der Waals surface area contributed by atoms with Crippen LogP contribution in [0, 0.1) is 0 Å². The van der Waals surface area contributed by atoms with E-state index < -0.39 is 5.97 Å². The fourth-order valence-corrected chi connectivity index (χ4v) is 3.41. The number of carbonyl (C=O) groups excluding carboxylic acids is 1. The summed E-state index contributed by atoms with van der Waals surface area (Å²) in [6, 6.07) is 1.50. The second-order valence-corrected chi connectivity index (χ2v) is 5.53. The Morgan fingerprint density at radius 2 is 2.36 bits per heavy atom. The number of hydrogen-bond acceptors (Lipinski definition) is 4. The molecule has 1 atom stereocenters. The average molecular weight is 229 g/mol. The number of anilines is 1. The van der Waals surface area contributed by atoms with Crippen LogP contribution in [0.25, 0.3) is 0 Å². The Bertz CT molecular complexity index is 413. The number of carboxylic acid groups (broad SMARTS) is 1. The molecule has 14 heavy (non-hydrogen) atoms. The number of thiophene rings is 1. The molecule has 0 saturated carbocycles. The van der Waals surface area contributed by atoms with Gasteiger partial charge in [0.05, 0.1) is 15.1 Å². The molecule has 1 aromatic rings. The van der Waals surface area contributed by atoms with Gasteiger partial charge in [0.15, 0.2) is 0 Å². The van der Waals surface area contributed by atoms with Crippen LogP contribution in [-0.4, -0.2) is 22.2 Å². The third-order valence-electron chi connectivity index (χ3n) is 1.82. The van der Waals surface area contributed by atoms with Crippen LogP contribution in [0.5, 0.6) is 0 Å². The van der Waals surface area contributed by atoms with E-state index in [9.17, 15) is 9.59 Å². The first-order valence-corrected chi connectivity index (χ1v) is 5.62. The highest BCUT2D eigenvalue weighted by Crippen LogP contribution is 2.41. The van der Waals surface area contributed by atoms with Gasteiger partial charge in [0, 0.05) is 0 Å². The third-order valence-corrected chi connectivity index (χ3v) is 4.28. The highest BCUT2D eigenvalue weighted by atomic mass is 32.2. The highest BCUT2D eigenvalue weighted by molar-refractivity contribution is 8.02. The van der Waals surface area contributed by atoms with Crippen LogP contribution in [0.1, 0.15) is 16.6 Å². The molecule has 6 heteroatoms. The molecular formula is C8H7NO3S2. The summed E-state index contributed by atoms with van der Waals surface area (Å²) in [5.74, 6) is -1.02. The minimum atomic E-state index is -0.952. The van der Waals surface area contributed by atoms with Crippen LogP contribution < -0.4 is 5.32 Å². The van der Waals surface area contributed by atoms with Gasteiger partial charge in [-0.25, -0.2) is 4.79 Å². The van der Waals surface area contributed by atoms with Gasteiger partial charge in [0.2, 0.25) is 5.91 Å². The van der Waals surface area contributed by atoms with E-state index in [1.165, 1.54) is 29.2 Å². The van der Waals surface area contributed by atoms with Crippen molar-refractivity contribution in [2.24, 2.45) is 0 Å². The van der Waals surface area contributed by atoms with Crippen molar-refractivity contribution in [1.82, 2.24) is 0 Å². The largest absolute Gasteiger partial charge is 0.477 e. The van der Waals surface area contributed by atoms with Gasteiger partial charge in [-0.2, -0.15) is 0 Å². The highest BCUT2D eigenvalue weighted by Gasteiger charge is 2.26. The Balaban J connectivity index is 2.38. The summed E-state index contributed by atoms with van der Waals surface area (Å²) < 4.78 is 0.870. The second-order valence-electron chi connectivity index (χ2n) is 2.87. The number of thioether (sulfide) groups is 1. The molecule has 2 heterocycles. The van der Waals surface area contributed by atoms with Gasteiger partial charge in [-0.05, 0) is 13.0 Å². The molecule has 74 valence electrons. The molecule has 0 fully saturated rings. The average Bonchev–Trinajstić information content (AvgIpc) is 2.48. The van der Waals surface area contributed by atoms with Gasteiger partial charge >= 0.3 is 5.97 Å². The summed E-state index contributed by atoms with van der Waals surface area (Å²) >= 11 is 2.60. The van der Waals surface area contributed by atoms with Gasteiger partial charge < -0.3 is 10.4 Å². The zero-order valence-electron chi connectivity index (χ0n) is 7.23. The molecule has 0 spiro atoms. The van der Waals surface area contributed by atoms with Crippen LogP contribution in [0.3, 0.4) is 0 Å². The first-order chi connectivity index (χ1) is 6.58. The number of rotatable bonds is 1. The zero-order chi connectivity index (χ0) is 10.3. The molecule has 1 unspecified atom stereocenters. The smallest absolute Gasteiger partial charge is 0.345 e. The van der Waals surface area contributed by atoms with Crippen LogP contribution in [-0.2, 0) is 4.79 Å². The van der Waals surface area contributed by atoms with Crippen molar-refractivity contribution in [3.05, 3.63) is 10.9 Å². The number of amides is 1. The Kier molecular flexibility index (Phi) is 2.24. The van der Waals surface area contributed by atoms with Gasteiger partial charge in [-0.15, -0.1) is 23.1 Å². The summed E-state index contributed by atoms with van der Waals surface area (Å²) in [5.41, 5.74) is 0.625. The minimum Gasteiger partial charge on any atom is -0.477 e. The molecule has 2 N–H and O–H groups in total. The number of hydrogen-bond donors (Lipinski definition) is 2. The van der Waals surface area contributed by atoms with E-state index in [-0.39, 0.29) is 16.0 Å². The predicted octanol–water partition coefficient (Wildman–Crippen LogP) is 1.88. The van der Waals surface area contributed by atoms with Gasteiger partial charge in [0.1, 0.15) is 4.88 Å². The van der Waals surface area contributed by atoms with Crippen LogP contribution >= 0.6 is 23.1 Å². The topological polar surface area (TPSA) is 66.4 Å². The fraction of sp³-hybridized carbons (Fsp3) is 0.250. The Hall–Kier alpha value is -1.01. The first-order valence-electron chi connectivity index (χ1n) is 3.92. The van der Waals surface area contributed by atoms with Crippen LogP contribution in [0.4, 0.5) is 5.69 Å². The molecule has 1 aliphatic heterocycles. The van der Waals surface area contributed by atoms with Crippen LogP contribution in [0.15, 0.2) is 10.3 Å². The van der Waals surface area contributed by atoms with E-state index in [1.54, 1.807) is 6.92 Å². The summed E-state index contributed by atoms with van der Waals surface area (Å²) in [7, 11) is 0. The monoisotopic (exact) mass is 229 g/mol. The predicted molar refractivity (Wildman–Crippen MR) is 55.2 cm³/mol. The molecule has 0 saturated heterocycles. The Labute approximate surface area is 88.3 Å². The normalized spacial score (nSPS) is 20.1. The lowest BCUT2D eigenvalue weighted by molar-refractivity contribution is -0.115. The lowest BCUT2D eigenvalue weighted by atomic mass is 10.3. The van der Waals surface area contributed by atoms with Crippen molar-refractivity contribution in [3.8, 4) is 0 Å². The maximum Gasteiger partial charge on any atom is 0.345 e. The van der Waals surface area contributed by atoms with Gasteiger partial charge in [-0.1, -0.05) is 0 Å². The minimum absolute atomic E-state index is 0.0720. The molecular weight excluding hydrogens is 222 g/mol. The van der Waals surface area contributed by atoms with Gasteiger partial charge in [-0.3, -0.25) is 4.79 Å². The molecule has 2 rings (SSSR count). The lowest BCUT2D eigenvalue weighted by Crippen LogP contribution is -2.25. The van der Waals surface area contributed by atoms with E-state index in [1.807, 2.05) is 0 Å². The Morgan fingerprint density at radius 1 is 1.64 bits per heavy atom. The quantitative estimate of drug-likeness (QED) is 0.771. The molecule has 0 radical (unpaired) electrons. The van der Waals surface area contributed by atoms with E-state index in [2.05, 4.69) is 5.32 Å². The van der Waals surface area contributed by atoms with E-state index in [0.29, 0.717) is 5.69 Å². The summed E-state index contributed by atoms with van der Waals surface area (Å²) in [4.78, 5) is 22.2. The molecule has 1 aliphatic rings. The SMILES string of the molecule is CC1Sc2sc(C(=O)O)cc2NC1=O. The number of aromatic carboxylic acids is 1. The molecule has 4 nitrogen and oxygen atoms in total. The summed E-state index contributed by atoms with van der Waals surface area (Å²) in [6.07, 6.45) is 0. The van der Waals surface area contributed by atoms with Crippen molar-refractivity contribution >= 4 is 40.7 Å². The summed E-state index contributed by atoms with van der Waals surface area (Å²) in [6.45, 7) is 1.79. The van der Waals surface area contributed by atoms with Gasteiger partial charge in [0.25, 0.3) is 0 Å². The molecule has 1 aromatic heterocycles. The maximum atomic E-state index is 11.3. The maximum absolute atomic E-state index is 11.3. The van der Waals surface area contributed by atoms with Crippen LogP contribution in [0.2, 0.25) is 0 Å². The number of fused-ring (bicyclic) bond motifs is 1. The third kappa shape index (κ3) is 1.51. The zero-order valence-corrected chi connectivity index (χ0v) is 8.87. The van der Waals surface area contributed by atoms with E-state index in [0.717, 1.165) is 4.21 Å². The first kappa shape index (κ1) is 9.54. The standard InChI is InChI=1S/C8H7NO3S2/c1-3-6(10)9-4-2-5(7(11)12)14-8(4)13-3/h2-3H,1H3,(H,9,10)(H,11,12). The summed E-state index contributed by atoms with van der Waals surface area (Å²) in [5, 5.41) is 11.3. The van der Waals surface area contributed by atoms with Crippen molar-refractivity contribution in [1.29, 1.82) is 0 Å². The lowest BCUT2D eigenvalue weighted by Gasteiger charge is -2.17. The van der Waals surface area contributed by atoms with E-state index >= 15 is 0 Å². The molecule has 0 aliphatic carbocycles. The Morgan fingerprint density at radius 3 is 3.00 bits per heavy atom. The van der Waals surface area contributed by atoms with Crippen molar-refractivity contribution in [3.63, 3.8) is 0 Å². The van der Waals surface area contributed by atoms with Crippen molar-refractivity contribution < 1.29 is 14.7 Å².